The predicted octanol–water partition coefficient (Wildman–Crippen LogP) is 1.69. The van der Waals surface area contributed by atoms with Crippen molar-refractivity contribution >= 4 is 17.5 Å². The smallest absolute Gasteiger partial charge is 0.223 e. The Balaban J connectivity index is 1.55. The summed E-state index contributed by atoms with van der Waals surface area (Å²) in [7, 11) is 0. The molecule has 0 aliphatic carbocycles. The Bertz CT molecular complexity index is 595. The molecule has 3 rings (SSSR count). The average molecular weight is 361 g/mol. The Morgan fingerprint density at radius 2 is 1.65 bits per heavy atom. The van der Waals surface area contributed by atoms with Gasteiger partial charge in [-0.3, -0.25) is 4.79 Å². The van der Waals surface area contributed by atoms with E-state index < -0.39 is 0 Å². The van der Waals surface area contributed by atoms with Crippen molar-refractivity contribution in [1.82, 2.24) is 15.3 Å². The molecule has 7 nitrogen and oxygen atoms in total. The van der Waals surface area contributed by atoms with Crippen LogP contribution >= 0.6 is 0 Å². The lowest BCUT2D eigenvalue weighted by Gasteiger charge is -2.34. The fraction of sp³-hybridized carbons (Fsp3) is 0.737. The maximum absolute atomic E-state index is 12.4. The monoisotopic (exact) mass is 361 g/mol. The van der Waals surface area contributed by atoms with Gasteiger partial charge in [0.15, 0.2) is 0 Å². The summed E-state index contributed by atoms with van der Waals surface area (Å²) in [6.07, 6.45) is 3.38. The fourth-order valence-corrected chi connectivity index (χ4v) is 3.36. The van der Waals surface area contributed by atoms with Gasteiger partial charge in [-0.05, 0) is 25.7 Å². The van der Waals surface area contributed by atoms with Crippen LogP contribution in [0.1, 0.15) is 33.6 Å². The molecule has 26 heavy (non-hydrogen) atoms. The minimum atomic E-state index is 0.105. The molecule has 1 N–H and O–H groups in total. The van der Waals surface area contributed by atoms with Crippen molar-refractivity contribution in [3.63, 3.8) is 0 Å². The lowest BCUT2D eigenvalue weighted by Crippen LogP contribution is -2.44. The molecule has 0 radical (unpaired) electrons. The lowest BCUT2D eigenvalue weighted by atomic mass is 9.95. The van der Waals surface area contributed by atoms with E-state index >= 15 is 0 Å². The van der Waals surface area contributed by atoms with E-state index in [9.17, 15) is 4.79 Å². The van der Waals surface area contributed by atoms with Crippen molar-refractivity contribution in [2.75, 3.05) is 49.2 Å². The quantitative estimate of drug-likeness (QED) is 0.861. The van der Waals surface area contributed by atoms with Crippen LogP contribution < -0.4 is 15.1 Å². The number of carbonyl (C=O) groups excluding carboxylic acids is 1. The Morgan fingerprint density at radius 1 is 1.08 bits per heavy atom. The van der Waals surface area contributed by atoms with E-state index in [4.69, 9.17) is 4.74 Å². The number of ether oxygens (including phenoxy) is 1. The third-order valence-electron chi connectivity index (χ3n) is 5.53. The number of piperidine rings is 1. The van der Waals surface area contributed by atoms with Crippen molar-refractivity contribution in [3.05, 3.63) is 12.4 Å². The van der Waals surface area contributed by atoms with E-state index in [2.05, 4.69) is 51.9 Å². The average Bonchev–Trinajstić information content (AvgIpc) is 2.68. The summed E-state index contributed by atoms with van der Waals surface area (Å²) in [5.41, 5.74) is 0. The maximum atomic E-state index is 12.4. The summed E-state index contributed by atoms with van der Waals surface area (Å²) in [4.78, 5) is 25.8. The molecule has 2 fully saturated rings. The molecule has 1 atom stereocenters. The molecule has 1 aromatic rings. The van der Waals surface area contributed by atoms with E-state index in [0.29, 0.717) is 5.92 Å². The largest absolute Gasteiger partial charge is 0.378 e. The van der Waals surface area contributed by atoms with E-state index in [1.165, 1.54) is 0 Å². The Morgan fingerprint density at radius 3 is 2.23 bits per heavy atom. The van der Waals surface area contributed by atoms with Crippen LogP contribution in [0.4, 0.5) is 11.6 Å². The molecule has 2 saturated heterocycles. The maximum Gasteiger partial charge on any atom is 0.223 e. The molecule has 0 saturated carbocycles. The zero-order valence-electron chi connectivity index (χ0n) is 16.1. The Hall–Kier alpha value is -1.89. The van der Waals surface area contributed by atoms with Gasteiger partial charge in [0.25, 0.3) is 0 Å². The molecule has 3 heterocycles. The van der Waals surface area contributed by atoms with Crippen LogP contribution in [0.2, 0.25) is 0 Å². The van der Waals surface area contributed by atoms with Gasteiger partial charge in [-0.25, -0.2) is 9.97 Å². The highest BCUT2D eigenvalue weighted by Crippen LogP contribution is 2.24. The zero-order valence-corrected chi connectivity index (χ0v) is 16.1. The van der Waals surface area contributed by atoms with Gasteiger partial charge >= 0.3 is 0 Å². The van der Waals surface area contributed by atoms with E-state index in [0.717, 1.165) is 63.9 Å². The number of nitrogens with zero attached hydrogens (tertiary/aromatic N) is 4. The van der Waals surface area contributed by atoms with E-state index in [-0.39, 0.29) is 17.9 Å². The van der Waals surface area contributed by atoms with Crippen LogP contribution in [-0.4, -0.2) is 61.3 Å². The van der Waals surface area contributed by atoms with Gasteiger partial charge in [-0.15, -0.1) is 0 Å². The molecule has 144 valence electrons. The summed E-state index contributed by atoms with van der Waals surface area (Å²) in [5.74, 6) is 2.68. The van der Waals surface area contributed by atoms with Crippen LogP contribution in [-0.2, 0) is 9.53 Å². The first-order valence-corrected chi connectivity index (χ1v) is 9.74. The molecule has 2 aliphatic heterocycles. The molecule has 1 amide bonds. The van der Waals surface area contributed by atoms with Gasteiger partial charge in [0.05, 0.1) is 13.2 Å². The van der Waals surface area contributed by atoms with E-state index in [1.54, 1.807) is 6.33 Å². The number of morpholine rings is 1. The number of amides is 1. The molecule has 0 aromatic carbocycles. The van der Waals surface area contributed by atoms with E-state index in [1.807, 2.05) is 0 Å². The second kappa shape index (κ2) is 8.66. The normalized spacial score (nSPS) is 20.3. The van der Waals surface area contributed by atoms with Gasteiger partial charge in [0, 0.05) is 44.2 Å². The lowest BCUT2D eigenvalue weighted by molar-refractivity contribution is -0.126. The first kappa shape index (κ1) is 18.9. The van der Waals surface area contributed by atoms with Crippen LogP contribution in [0.3, 0.4) is 0 Å². The minimum Gasteiger partial charge on any atom is -0.378 e. The molecule has 1 unspecified atom stereocenters. The molecular formula is C19H31N5O2. The molecule has 0 spiro atoms. The fourth-order valence-electron chi connectivity index (χ4n) is 3.36. The van der Waals surface area contributed by atoms with Gasteiger partial charge in [-0.2, -0.15) is 0 Å². The Labute approximate surface area is 156 Å². The predicted molar refractivity (Wildman–Crippen MR) is 102 cm³/mol. The number of hydrogen-bond donors (Lipinski definition) is 1. The summed E-state index contributed by atoms with van der Waals surface area (Å²) in [6, 6.07) is 2.28. The number of anilines is 2. The van der Waals surface area contributed by atoms with Gasteiger partial charge in [0.1, 0.15) is 18.0 Å². The summed E-state index contributed by atoms with van der Waals surface area (Å²) in [5, 5.41) is 3.15. The van der Waals surface area contributed by atoms with Crippen LogP contribution in [0.25, 0.3) is 0 Å². The molecule has 0 bridgehead atoms. The second-order valence-corrected chi connectivity index (χ2v) is 7.64. The molecular weight excluding hydrogens is 330 g/mol. The number of hydrogen-bond acceptors (Lipinski definition) is 6. The number of nitrogens with one attached hydrogen (secondary N) is 1. The third-order valence-corrected chi connectivity index (χ3v) is 5.53. The number of aromatic nitrogens is 2. The van der Waals surface area contributed by atoms with Crippen LogP contribution in [0.15, 0.2) is 12.4 Å². The van der Waals surface area contributed by atoms with Gasteiger partial charge in [-0.1, -0.05) is 13.8 Å². The van der Waals surface area contributed by atoms with Gasteiger partial charge < -0.3 is 19.9 Å². The highest BCUT2D eigenvalue weighted by Gasteiger charge is 2.27. The third kappa shape index (κ3) is 4.63. The second-order valence-electron chi connectivity index (χ2n) is 7.64. The standard InChI is InChI=1S/C19H31N5O2/c1-14(2)15(3)22-19(25)16-4-6-23(7-5-16)17-12-18(21-13-20-17)24-8-10-26-11-9-24/h12-16H,4-11H2,1-3H3,(H,22,25). The summed E-state index contributed by atoms with van der Waals surface area (Å²) >= 11 is 0. The summed E-state index contributed by atoms with van der Waals surface area (Å²) in [6.45, 7) is 11.3. The van der Waals surface area contributed by atoms with Crippen molar-refractivity contribution in [2.45, 2.75) is 39.7 Å². The number of rotatable bonds is 5. The Kier molecular flexibility index (Phi) is 6.29. The van der Waals surface area contributed by atoms with Crippen molar-refractivity contribution in [1.29, 1.82) is 0 Å². The first-order valence-electron chi connectivity index (χ1n) is 9.74. The van der Waals surface area contributed by atoms with Crippen LogP contribution in [0.5, 0.6) is 0 Å². The topological polar surface area (TPSA) is 70.6 Å². The zero-order chi connectivity index (χ0) is 18.5. The number of carbonyl (C=O) groups is 1. The van der Waals surface area contributed by atoms with Crippen molar-refractivity contribution in [2.24, 2.45) is 11.8 Å². The minimum absolute atomic E-state index is 0.105. The SMILES string of the molecule is CC(C)C(C)NC(=O)C1CCN(c2cc(N3CCOCC3)ncn2)CC1. The molecule has 1 aromatic heterocycles. The highest BCUT2D eigenvalue weighted by molar-refractivity contribution is 5.79. The first-order chi connectivity index (χ1) is 12.5. The van der Waals surface area contributed by atoms with Crippen LogP contribution in [0, 0.1) is 11.8 Å². The molecule has 7 heteroatoms. The van der Waals surface area contributed by atoms with Gasteiger partial charge in [0.2, 0.25) is 5.91 Å². The summed E-state index contributed by atoms with van der Waals surface area (Å²) < 4.78 is 5.41. The van der Waals surface area contributed by atoms with Crippen molar-refractivity contribution < 1.29 is 9.53 Å². The van der Waals surface area contributed by atoms with Crippen molar-refractivity contribution in [3.8, 4) is 0 Å². The molecule has 2 aliphatic rings. The highest BCUT2D eigenvalue weighted by atomic mass is 16.5.